The molecule has 1 aliphatic heterocycles. The number of halogens is 3. The Hall–Kier alpha value is -2.32. The average molecular weight is 276 g/mol. The van der Waals surface area contributed by atoms with Gasteiger partial charge in [-0.3, -0.25) is 14.9 Å². The Bertz CT molecular complexity index is 576. The number of fused-ring (bicyclic) bond motifs is 1. The van der Waals surface area contributed by atoms with Crippen molar-refractivity contribution in [3.05, 3.63) is 28.1 Å². The average Bonchev–Trinajstić information content (AvgIpc) is 2.30. The molecular weight excluding hydrogens is 269 g/mol. The summed E-state index contributed by atoms with van der Waals surface area (Å²) in [5, 5.41) is 10.6. The standard InChI is InChI=1S/C10H7F3N2O4/c1-2-14-7-4-6(15(17)18)5(11)3-8(7)19-10(12,13)9(14)16/h3-4H,2H2,1H3. The molecule has 0 N–H and O–H groups in total. The molecule has 1 aromatic carbocycles. The second-order valence-corrected chi connectivity index (χ2v) is 3.70. The van der Waals surface area contributed by atoms with Crippen LogP contribution in [0.25, 0.3) is 0 Å². The van der Waals surface area contributed by atoms with Crippen LogP contribution in [0.15, 0.2) is 12.1 Å². The smallest absolute Gasteiger partial charge is 0.423 e. The maximum Gasteiger partial charge on any atom is 0.482 e. The van der Waals surface area contributed by atoms with E-state index in [1.54, 1.807) is 0 Å². The van der Waals surface area contributed by atoms with E-state index in [-0.39, 0.29) is 12.2 Å². The van der Waals surface area contributed by atoms with Crippen LogP contribution in [0.1, 0.15) is 6.92 Å². The molecule has 1 aliphatic rings. The number of ether oxygens (including phenoxy) is 1. The normalized spacial score (nSPS) is 16.8. The number of likely N-dealkylation sites (N-methyl/N-ethyl adjacent to an activating group) is 1. The summed E-state index contributed by atoms with van der Waals surface area (Å²) in [7, 11) is 0. The van der Waals surface area contributed by atoms with Crippen LogP contribution in [0, 0.1) is 15.9 Å². The molecule has 0 aliphatic carbocycles. The van der Waals surface area contributed by atoms with Gasteiger partial charge in [0.05, 0.1) is 10.6 Å². The third-order valence-corrected chi connectivity index (χ3v) is 2.56. The number of rotatable bonds is 2. The van der Waals surface area contributed by atoms with E-state index in [0.717, 1.165) is 0 Å². The van der Waals surface area contributed by atoms with Gasteiger partial charge in [0, 0.05) is 18.7 Å². The quantitative estimate of drug-likeness (QED) is 0.612. The second kappa shape index (κ2) is 4.11. The number of hydrogen-bond acceptors (Lipinski definition) is 4. The first kappa shape index (κ1) is 13.1. The molecule has 0 unspecified atom stereocenters. The van der Waals surface area contributed by atoms with Crippen molar-refractivity contribution in [2.24, 2.45) is 0 Å². The zero-order valence-corrected chi connectivity index (χ0v) is 9.52. The number of anilines is 1. The number of alkyl halides is 2. The van der Waals surface area contributed by atoms with Crippen molar-refractivity contribution >= 4 is 17.3 Å². The van der Waals surface area contributed by atoms with Crippen LogP contribution in [0.5, 0.6) is 5.75 Å². The lowest BCUT2D eigenvalue weighted by atomic mass is 10.2. The highest BCUT2D eigenvalue weighted by atomic mass is 19.3. The fourth-order valence-electron chi connectivity index (χ4n) is 1.73. The minimum atomic E-state index is -4.12. The fraction of sp³-hybridized carbons (Fsp3) is 0.300. The van der Waals surface area contributed by atoms with Crippen LogP contribution in [0.4, 0.5) is 24.5 Å². The molecule has 0 atom stereocenters. The molecule has 102 valence electrons. The summed E-state index contributed by atoms with van der Waals surface area (Å²) in [5.41, 5.74) is -1.18. The highest BCUT2D eigenvalue weighted by Gasteiger charge is 2.50. The predicted octanol–water partition coefficient (Wildman–Crippen LogP) is 2.07. The molecule has 0 aromatic heterocycles. The van der Waals surface area contributed by atoms with Crippen LogP contribution in [-0.4, -0.2) is 23.5 Å². The number of amides is 1. The minimum absolute atomic E-state index is 0.159. The van der Waals surface area contributed by atoms with E-state index >= 15 is 0 Å². The molecule has 0 saturated heterocycles. The van der Waals surface area contributed by atoms with E-state index in [9.17, 15) is 28.1 Å². The largest absolute Gasteiger partial charge is 0.482 e. The second-order valence-electron chi connectivity index (χ2n) is 3.70. The van der Waals surface area contributed by atoms with Gasteiger partial charge in [0.2, 0.25) is 5.82 Å². The maximum absolute atomic E-state index is 13.3. The summed E-state index contributed by atoms with van der Waals surface area (Å²) < 4.78 is 43.9. The molecule has 6 nitrogen and oxygen atoms in total. The fourth-order valence-corrected chi connectivity index (χ4v) is 1.73. The van der Waals surface area contributed by atoms with Gasteiger partial charge in [0.25, 0.3) is 0 Å². The predicted molar refractivity (Wildman–Crippen MR) is 56.7 cm³/mol. The zero-order valence-electron chi connectivity index (χ0n) is 9.52. The Labute approximate surface area is 104 Å². The van der Waals surface area contributed by atoms with Gasteiger partial charge in [-0.2, -0.15) is 13.2 Å². The molecule has 9 heteroatoms. The van der Waals surface area contributed by atoms with Crippen molar-refractivity contribution in [2.45, 2.75) is 13.0 Å². The first-order chi connectivity index (χ1) is 8.77. The van der Waals surface area contributed by atoms with Gasteiger partial charge in [-0.15, -0.1) is 0 Å². The number of hydrogen-bond donors (Lipinski definition) is 0. The first-order valence-corrected chi connectivity index (χ1v) is 5.14. The van der Waals surface area contributed by atoms with E-state index in [1.165, 1.54) is 6.92 Å². The van der Waals surface area contributed by atoms with Crippen molar-refractivity contribution in [3.8, 4) is 5.75 Å². The van der Waals surface area contributed by atoms with Crippen LogP contribution in [-0.2, 0) is 4.79 Å². The van der Waals surface area contributed by atoms with Crippen LogP contribution >= 0.6 is 0 Å². The van der Waals surface area contributed by atoms with E-state index in [0.29, 0.717) is 17.0 Å². The van der Waals surface area contributed by atoms with Gasteiger partial charge >= 0.3 is 17.7 Å². The van der Waals surface area contributed by atoms with Crippen molar-refractivity contribution in [1.82, 2.24) is 0 Å². The number of carbonyl (C=O) groups excluding carboxylic acids is 1. The molecular formula is C10H7F3N2O4. The number of nitro benzene ring substituents is 1. The van der Waals surface area contributed by atoms with E-state index in [1.807, 2.05) is 0 Å². The third kappa shape index (κ3) is 1.96. The van der Waals surface area contributed by atoms with Crippen molar-refractivity contribution in [2.75, 3.05) is 11.4 Å². The molecule has 1 amide bonds. The maximum atomic E-state index is 13.3. The Morgan fingerprint density at radius 1 is 1.47 bits per heavy atom. The molecule has 0 radical (unpaired) electrons. The molecule has 0 bridgehead atoms. The van der Waals surface area contributed by atoms with Gasteiger partial charge < -0.3 is 9.64 Å². The molecule has 0 spiro atoms. The number of benzene rings is 1. The summed E-state index contributed by atoms with van der Waals surface area (Å²) in [6.45, 7) is 1.24. The summed E-state index contributed by atoms with van der Waals surface area (Å²) in [6, 6.07) is 1.16. The zero-order chi connectivity index (χ0) is 14.4. The monoisotopic (exact) mass is 276 g/mol. The summed E-state index contributed by atoms with van der Waals surface area (Å²) in [4.78, 5) is 21.6. The summed E-state index contributed by atoms with van der Waals surface area (Å²) >= 11 is 0. The van der Waals surface area contributed by atoms with Gasteiger partial charge in [-0.1, -0.05) is 0 Å². The highest BCUT2D eigenvalue weighted by molar-refractivity contribution is 6.01. The lowest BCUT2D eigenvalue weighted by molar-refractivity contribution is -0.387. The van der Waals surface area contributed by atoms with E-state index < -0.39 is 34.2 Å². The van der Waals surface area contributed by atoms with Crippen LogP contribution < -0.4 is 9.64 Å². The van der Waals surface area contributed by atoms with Crippen molar-refractivity contribution in [1.29, 1.82) is 0 Å². The Kier molecular flexibility index (Phi) is 2.84. The van der Waals surface area contributed by atoms with Crippen molar-refractivity contribution < 1.29 is 27.6 Å². The van der Waals surface area contributed by atoms with Crippen molar-refractivity contribution in [3.63, 3.8) is 0 Å². The Morgan fingerprint density at radius 2 is 2.11 bits per heavy atom. The SMILES string of the molecule is CCN1C(=O)C(F)(F)Oc2cc(F)c([N+](=O)[O-])cc21. The Morgan fingerprint density at radius 3 is 2.63 bits per heavy atom. The first-order valence-electron chi connectivity index (χ1n) is 5.14. The molecule has 1 heterocycles. The lowest BCUT2D eigenvalue weighted by Crippen LogP contribution is -2.50. The van der Waals surface area contributed by atoms with Gasteiger partial charge in [-0.05, 0) is 6.92 Å². The third-order valence-electron chi connectivity index (χ3n) is 2.56. The van der Waals surface area contributed by atoms with Crippen LogP contribution in [0.2, 0.25) is 0 Å². The minimum Gasteiger partial charge on any atom is -0.423 e. The Balaban J connectivity index is 2.64. The van der Waals surface area contributed by atoms with E-state index in [4.69, 9.17) is 0 Å². The molecule has 19 heavy (non-hydrogen) atoms. The molecule has 0 saturated carbocycles. The molecule has 2 rings (SSSR count). The molecule has 0 fully saturated rings. The highest BCUT2D eigenvalue weighted by Crippen LogP contribution is 2.42. The van der Waals surface area contributed by atoms with Gasteiger partial charge in [0.1, 0.15) is 0 Å². The van der Waals surface area contributed by atoms with Crippen LogP contribution in [0.3, 0.4) is 0 Å². The van der Waals surface area contributed by atoms with Gasteiger partial charge in [-0.25, -0.2) is 0 Å². The molecule has 1 aromatic rings. The van der Waals surface area contributed by atoms with E-state index in [2.05, 4.69) is 4.74 Å². The number of carbonyl (C=O) groups is 1. The topological polar surface area (TPSA) is 72.7 Å². The number of nitrogens with zero attached hydrogens (tertiary/aromatic N) is 2. The number of nitro groups is 1. The summed E-state index contributed by atoms with van der Waals surface area (Å²) in [6.07, 6.45) is -4.12. The lowest BCUT2D eigenvalue weighted by Gasteiger charge is -2.32. The summed E-state index contributed by atoms with van der Waals surface area (Å²) in [5.74, 6) is -3.58. The van der Waals surface area contributed by atoms with Gasteiger partial charge in [0.15, 0.2) is 5.75 Å².